The fourth-order valence-corrected chi connectivity index (χ4v) is 3.12. The Balaban J connectivity index is 2.24. The van der Waals surface area contributed by atoms with Gasteiger partial charge in [0.1, 0.15) is 11.6 Å². The first kappa shape index (κ1) is 7.47. The third-order valence-corrected chi connectivity index (χ3v) is 3.43. The van der Waals surface area contributed by atoms with Crippen molar-refractivity contribution >= 4 is 27.5 Å². The monoisotopic (exact) mass is 216 g/mol. The van der Waals surface area contributed by atoms with Crippen molar-refractivity contribution in [2.75, 3.05) is 0 Å². The van der Waals surface area contributed by atoms with Gasteiger partial charge < -0.3 is 0 Å². The van der Waals surface area contributed by atoms with Crippen molar-refractivity contribution < 1.29 is 9.59 Å². The maximum absolute atomic E-state index is 11.3. The molecule has 0 N–H and O–H groups in total. The van der Waals surface area contributed by atoms with Crippen molar-refractivity contribution in [3.63, 3.8) is 0 Å². The maximum atomic E-state index is 11.3. The van der Waals surface area contributed by atoms with Gasteiger partial charge in [0.2, 0.25) is 0 Å². The Hall–Kier alpha value is -0.180. The highest BCUT2D eigenvalue weighted by atomic mass is 79.9. The Labute approximate surface area is 73.5 Å². The van der Waals surface area contributed by atoms with Gasteiger partial charge in [0.05, 0.1) is 5.41 Å². The Morgan fingerprint density at radius 3 is 2.00 bits per heavy atom. The van der Waals surface area contributed by atoms with Crippen molar-refractivity contribution in [1.82, 2.24) is 0 Å². The number of alkyl halides is 1. The quantitative estimate of drug-likeness (QED) is 0.454. The van der Waals surface area contributed by atoms with Gasteiger partial charge in [-0.05, 0) is 12.8 Å². The highest BCUT2D eigenvalue weighted by molar-refractivity contribution is 9.09. The average Bonchev–Trinajstić information content (AvgIpc) is 2.15. The van der Waals surface area contributed by atoms with Crippen LogP contribution in [0.5, 0.6) is 0 Å². The highest BCUT2D eigenvalue weighted by Crippen LogP contribution is 2.51. The standard InChI is InChI=1S/C8H9BrO2/c9-5-3-8(4-5)6(10)1-2-7(8)11/h5H,1-4H2. The second kappa shape index (κ2) is 2.16. The summed E-state index contributed by atoms with van der Waals surface area (Å²) in [6, 6.07) is 0. The molecule has 0 aliphatic heterocycles. The van der Waals surface area contributed by atoms with Crippen LogP contribution in [0.4, 0.5) is 0 Å². The van der Waals surface area contributed by atoms with Crippen LogP contribution in [0.1, 0.15) is 25.7 Å². The smallest absolute Gasteiger partial charge is 0.146 e. The van der Waals surface area contributed by atoms with Crippen LogP contribution in [0, 0.1) is 5.41 Å². The lowest BCUT2D eigenvalue weighted by Gasteiger charge is -2.39. The van der Waals surface area contributed by atoms with E-state index < -0.39 is 5.41 Å². The normalized spacial score (nSPS) is 29.5. The number of ketones is 2. The first-order chi connectivity index (χ1) is 5.15. The van der Waals surface area contributed by atoms with Crippen molar-refractivity contribution in [3.05, 3.63) is 0 Å². The molecule has 0 aromatic carbocycles. The minimum atomic E-state index is -0.520. The molecule has 0 amide bonds. The molecule has 0 aromatic rings. The molecule has 2 aliphatic carbocycles. The summed E-state index contributed by atoms with van der Waals surface area (Å²) in [5, 5.41) is 0. The van der Waals surface area contributed by atoms with Gasteiger partial charge in [0.25, 0.3) is 0 Å². The fourth-order valence-electron chi connectivity index (χ4n) is 2.01. The topological polar surface area (TPSA) is 34.1 Å². The van der Waals surface area contributed by atoms with Gasteiger partial charge in [-0.3, -0.25) is 9.59 Å². The van der Waals surface area contributed by atoms with Crippen LogP contribution in [-0.2, 0) is 9.59 Å². The zero-order chi connectivity index (χ0) is 8.06. The molecular weight excluding hydrogens is 208 g/mol. The summed E-state index contributed by atoms with van der Waals surface area (Å²) in [7, 11) is 0. The molecule has 0 radical (unpaired) electrons. The summed E-state index contributed by atoms with van der Waals surface area (Å²) < 4.78 is 0. The molecular formula is C8H9BrO2. The fraction of sp³-hybridized carbons (Fsp3) is 0.750. The van der Waals surface area contributed by atoms with Crippen molar-refractivity contribution in [1.29, 1.82) is 0 Å². The van der Waals surface area contributed by atoms with Gasteiger partial charge in [-0.15, -0.1) is 0 Å². The lowest BCUT2D eigenvalue weighted by Crippen LogP contribution is -2.46. The second-order valence-corrected chi connectivity index (χ2v) is 4.73. The molecule has 0 unspecified atom stereocenters. The predicted molar refractivity (Wildman–Crippen MR) is 43.6 cm³/mol. The van der Waals surface area contributed by atoms with Crippen molar-refractivity contribution in [2.24, 2.45) is 5.41 Å². The molecule has 3 heteroatoms. The summed E-state index contributed by atoms with van der Waals surface area (Å²) in [5.41, 5.74) is -0.520. The number of hydrogen-bond donors (Lipinski definition) is 0. The van der Waals surface area contributed by atoms with Crippen molar-refractivity contribution in [2.45, 2.75) is 30.5 Å². The Kier molecular flexibility index (Phi) is 1.46. The number of rotatable bonds is 0. The maximum Gasteiger partial charge on any atom is 0.146 e. The van der Waals surface area contributed by atoms with E-state index in [1.807, 2.05) is 0 Å². The van der Waals surface area contributed by atoms with E-state index in [-0.39, 0.29) is 11.6 Å². The molecule has 0 heterocycles. The first-order valence-corrected chi connectivity index (χ1v) is 4.77. The van der Waals surface area contributed by atoms with E-state index in [0.29, 0.717) is 17.7 Å². The Morgan fingerprint density at radius 1 is 1.18 bits per heavy atom. The summed E-state index contributed by atoms with van der Waals surface area (Å²) in [5.74, 6) is 0.358. The van der Waals surface area contributed by atoms with Crippen LogP contribution in [0.15, 0.2) is 0 Å². The lowest BCUT2D eigenvalue weighted by molar-refractivity contribution is -0.139. The molecule has 0 saturated heterocycles. The van der Waals surface area contributed by atoms with E-state index >= 15 is 0 Å². The number of hydrogen-bond acceptors (Lipinski definition) is 2. The summed E-state index contributed by atoms with van der Waals surface area (Å²) in [4.78, 5) is 23.0. The molecule has 0 bridgehead atoms. The lowest BCUT2D eigenvalue weighted by atomic mass is 9.66. The third kappa shape index (κ3) is 0.835. The molecule has 60 valence electrons. The zero-order valence-corrected chi connectivity index (χ0v) is 7.69. The Morgan fingerprint density at radius 2 is 1.64 bits per heavy atom. The molecule has 2 saturated carbocycles. The average molecular weight is 217 g/mol. The molecule has 2 aliphatic rings. The van der Waals surface area contributed by atoms with E-state index in [4.69, 9.17) is 0 Å². The molecule has 0 atom stereocenters. The highest BCUT2D eigenvalue weighted by Gasteiger charge is 2.56. The number of carbonyl (C=O) groups is 2. The summed E-state index contributed by atoms with van der Waals surface area (Å²) >= 11 is 3.40. The van der Waals surface area contributed by atoms with Gasteiger partial charge in [0, 0.05) is 17.7 Å². The minimum absolute atomic E-state index is 0.179. The molecule has 11 heavy (non-hydrogen) atoms. The van der Waals surface area contributed by atoms with Crippen LogP contribution < -0.4 is 0 Å². The predicted octanol–water partition coefficient (Wildman–Crippen LogP) is 1.46. The van der Waals surface area contributed by atoms with Crippen molar-refractivity contribution in [3.8, 4) is 0 Å². The minimum Gasteiger partial charge on any atom is -0.299 e. The van der Waals surface area contributed by atoms with Gasteiger partial charge >= 0.3 is 0 Å². The van der Waals surface area contributed by atoms with Gasteiger partial charge in [-0.2, -0.15) is 0 Å². The van der Waals surface area contributed by atoms with E-state index in [2.05, 4.69) is 15.9 Å². The van der Waals surface area contributed by atoms with E-state index in [1.54, 1.807) is 0 Å². The van der Waals surface area contributed by atoms with Crippen LogP contribution in [-0.4, -0.2) is 16.4 Å². The van der Waals surface area contributed by atoms with Gasteiger partial charge in [-0.1, -0.05) is 15.9 Å². The van der Waals surface area contributed by atoms with E-state index in [1.165, 1.54) is 0 Å². The number of carbonyl (C=O) groups excluding carboxylic acids is 2. The second-order valence-electron chi connectivity index (χ2n) is 3.43. The third-order valence-electron chi connectivity index (χ3n) is 2.79. The van der Waals surface area contributed by atoms with Gasteiger partial charge in [-0.25, -0.2) is 0 Å². The largest absolute Gasteiger partial charge is 0.299 e. The van der Waals surface area contributed by atoms with E-state index in [9.17, 15) is 9.59 Å². The molecule has 0 aromatic heterocycles. The van der Waals surface area contributed by atoms with Crippen LogP contribution in [0.3, 0.4) is 0 Å². The van der Waals surface area contributed by atoms with Crippen LogP contribution in [0.25, 0.3) is 0 Å². The Bertz CT molecular complexity index is 210. The van der Waals surface area contributed by atoms with Gasteiger partial charge in [0.15, 0.2) is 0 Å². The van der Waals surface area contributed by atoms with Crippen LogP contribution in [0.2, 0.25) is 0 Å². The number of Topliss-reactive ketones (excluding diaryl/α,β-unsaturated/α-hetero) is 2. The van der Waals surface area contributed by atoms with E-state index in [0.717, 1.165) is 12.8 Å². The summed E-state index contributed by atoms with van der Waals surface area (Å²) in [6.07, 6.45) is 2.45. The molecule has 2 nitrogen and oxygen atoms in total. The molecule has 2 fully saturated rings. The molecule has 1 spiro atoms. The molecule has 2 rings (SSSR count). The van der Waals surface area contributed by atoms with Crippen LogP contribution >= 0.6 is 15.9 Å². The summed E-state index contributed by atoms with van der Waals surface area (Å²) in [6.45, 7) is 0. The SMILES string of the molecule is O=C1CCC(=O)C12CC(Br)C2. The number of halogens is 1. The first-order valence-electron chi connectivity index (χ1n) is 3.86. The zero-order valence-electron chi connectivity index (χ0n) is 6.10.